The third kappa shape index (κ3) is 3.20. The zero-order valence-corrected chi connectivity index (χ0v) is 13.0. The molecule has 1 aromatic heterocycles. The lowest BCUT2D eigenvalue weighted by molar-refractivity contribution is 0.437. The van der Waals surface area contributed by atoms with Gasteiger partial charge in [-0.05, 0) is 32.6 Å². The molecule has 0 bridgehead atoms. The van der Waals surface area contributed by atoms with E-state index in [1.807, 2.05) is 6.92 Å². The van der Waals surface area contributed by atoms with E-state index in [0.717, 1.165) is 23.0 Å². The van der Waals surface area contributed by atoms with Gasteiger partial charge in [0.25, 0.3) is 0 Å². The molecule has 1 saturated carbocycles. The minimum atomic E-state index is 0.399. The van der Waals surface area contributed by atoms with E-state index in [9.17, 15) is 0 Å². The first-order chi connectivity index (χ1) is 9.60. The fourth-order valence-electron chi connectivity index (χ4n) is 2.67. The van der Waals surface area contributed by atoms with E-state index < -0.39 is 0 Å². The van der Waals surface area contributed by atoms with Gasteiger partial charge in [0.05, 0.1) is 0 Å². The highest BCUT2D eigenvalue weighted by Gasteiger charge is 2.28. The average molecular weight is 277 g/mol. The molecule has 5 nitrogen and oxygen atoms in total. The van der Waals surface area contributed by atoms with Gasteiger partial charge in [-0.1, -0.05) is 26.7 Å². The van der Waals surface area contributed by atoms with Gasteiger partial charge in [-0.25, -0.2) is 15.8 Å². The molecule has 4 N–H and O–H groups in total. The van der Waals surface area contributed by atoms with Crippen LogP contribution in [0.5, 0.6) is 0 Å². The Bertz CT molecular complexity index is 452. The standard InChI is InChI=1S/C15H27N5/c1-5-11(6-2)10(4)17-13-9(3)14(20-16)19-15(18-13)12-7-8-12/h10-12H,5-8,16H2,1-4H3,(H2,17,18,19,20). The Balaban J connectivity index is 2.23. The van der Waals surface area contributed by atoms with Crippen LogP contribution in [0.1, 0.15) is 63.8 Å². The molecule has 1 atom stereocenters. The molecule has 0 aliphatic heterocycles. The highest BCUT2D eigenvalue weighted by molar-refractivity contribution is 5.57. The summed E-state index contributed by atoms with van der Waals surface area (Å²) in [6.45, 7) is 8.71. The number of nitrogen functional groups attached to an aromatic ring is 1. The van der Waals surface area contributed by atoms with Crippen molar-refractivity contribution < 1.29 is 0 Å². The summed E-state index contributed by atoms with van der Waals surface area (Å²) in [7, 11) is 0. The van der Waals surface area contributed by atoms with Crippen LogP contribution in [0, 0.1) is 12.8 Å². The number of nitrogens with zero attached hydrogens (tertiary/aromatic N) is 2. The van der Waals surface area contributed by atoms with Gasteiger partial charge in [-0.15, -0.1) is 0 Å². The summed E-state index contributed by atoms with van der Waals surface area (Å²) >= 11 is 0. The van der Waals surface area contributed by atoms with Gasteiger partial charge in [0.1, 0.15) is 17.5 Å². The maximum Gasteiger partial charge on any atom is 0.148 e. The third-order valence-electron chi connectivity index (χ3n) is 4.36. The van der Waals surface area contributed by atoms with Crippen LogP contribution in [-0.2, 0) is 0 Å². The maximum absolute atomic E-state index is 5.58. The Morgan fingerprint density at radius 2 is 1.80 bits per heavy atom. The minimum Gasteiger partial charge on any atom is -0.367 e. The van der Waals surface area contributed by atoms with Crippen molar-refractivity contribution in [2.75, 3.05) is 10.7 Å². The molecular weight excluding hydrogens is 250 g/mol. The summed E-state index contributed by atoms with van der Waals surface area (Å²) in [5.41, 5.74) is 3.69. The van der Waals surface area contributed by atoms with Crippen LogP contribution >= 0.6 is 0 Å². The van der Waals surface area contributed by atoms with E-state index in [1.165, 1.54) is 25.7 Å². The average Bonchev–Trinajstić information content (AvgIpc) is 3.27. The molecule has 112 valence electrons. The van der Waals surface area contributed by atoms with Crippen LogP contribution < -0.4 is 16.6 Å². The number of hydrazine groups is 1. The molecule has 0 spiro atoms. The molecule has 5 heteroatoms. The SMILES string of the molecule is CCC(CC)C(C)Nc1nc(C2CC2)nc(NN)c1C. The predicted octanol–water partition coefficient (Wildman–Crippen LogP) is 3.18. The molecule has 1 aliphatic rings. The van der Waals surface area contributed by atoms with Gasteiger partial charge in [0.15, 0.2) is 0 Å². The van der Waals surface area contributed by atoms with Gasteiger partial charge in [0, 0.05) is 17.5 Å². The lowest BCUT2D eigenvalue weighted by Gasteiger charge is -2.24. The van der Waals surface area contributed by atoms with E-state index >= 15 is 0 Å². The summed E-state index contributed by atoms with van der Waals surface area (Å²) in [6, 6.07) is 0.399. The number of anilines is 2. The lowest BCUT2D eigenvalue weighted by atomic mass is 9.95. The van der Waals surface area contributed by atoms with Crippen LogP contribution in [0.3, 0.4) is 0 Å². The van der Waals surface area contributed by atoms with Crippen molar-refractivity contribution in [1.82, 2.24) is 9.97 Å². The van der Waals surface area contributed by atoms with E-state index in [2.05, 4.69) is 36.5 Å². The van der Waals surface area contributed by atoms with Gasteiger partial charge in [0.2, 0.25) is 0 Å². The summed E-state index contributed by atoms with van der Waals surface area (Å²) in [6.07, 6.45) is 4.72. The Labute approximate surface area is 121 Å². The van der Waals surface area contributed by atoms with Crippen molar-refractivity contribution in [3.8, 4) is 0 Å². The molecule has 0 amide bonds. The zero-order chi connectivity index (χ0) is 14.7. The Kier molecular flexibility index (Phi) is 4.81. The number of nitrogens with one attached hydrogen (secondary N) is 2. The van der Waals surface area contributed by atoms with Crippen LogP contribution in [0.2, 0.25) is 0 Å². The topological polar surface area (TPSA) is 75.9 Å². The molecular formula is C15H27N5. The predicted molar refractivity (Wildman–Crippen MR) is 83.7 cm³/mol. The second kappa shape index (κ2) is 6.39. The first-order valence-corrected chi connectivity index (χ1v) is 7.72. The molecule has 1 aromatic rings. The van der Waals surface area contributed by atoms with E-state index in [1.54, 1.807) is 0 Å². The molecule has 0 radical (unpaired) electrons. The molecule has 2 rings (SSSR count). The minimum absolute atomic E-state index is 0.399. The second-order valence-electron chi connectivity index (χ2n) is 5.83. The van der Waals surface area contributed by atoms with Crippen LogP contribution in [0.25, 0.3) is 0 Å². The van der Waals surface area contributed by atoms with Crippen molar-refractivity contribution in [3.63, 3.8) is 0 Å². The number of hydrogen-bond acceptors (Lipinski definition) is 5. The first kappa shape index (κ1) is 15.0. The summed E-state index contributed by atoms with van der Waals surface area (Å²) in [5, 5.41) is 3.56. The van der Waals surface area contributed by atoms with Crippen LogP contribution in [0.15, 0.2) is 0 Å². The molecule has 0 aromatic carbocycles. The second-order valence-corrected chi connectivity index (χ2v) is 5.83. The smallest absolute Gasteiger partial charge is 0.148 e. The molecule has 1 heterocycles. The fraction of sp³-hybridized carbons (Fsp3) is 0.733. The zero-order valence-electron chi connectivity index (χ0n) is 13.0. The largest absolute Gasteiger partial charge is 0.367 e. The number of rotatable bonds is 7. The quantitative estimate of drug-likeness (QED) is 0.527. The van der Waals surface area contributed by atoms with Crippen LogP contribution in [-0.4, -0.2) is 16.0 Å². The number of aromatic nitrogens is 2. The third-order valence-corrected chi connectivity index (χ3v) is 4.36. The normalized spacial score (nSPS) is 16.3. The Morgan fingerprint density at radius 1 is 1.20 bits per heavy atom. The van der Waals surface area contributed by atoms with Crippen molar-refractivity contribution >= 4 is 11.6 Å². The summed E-state index contributed by atoms with van der Waals surface area (Å²) in [4.78, 5) is 9.23. The molecule has 1 unspecified atom stereocenters. The van der Waals surface area contributed by atoms with E-state index in [-0.39, 0.29) is 0 Å². The monoisotopic (exact) mass is 277 g/mol. The molecule has 0 saturated heterocycles. The molecule has 1 aliphatic carbocycles. The van der Waals surface area contributed by atoms with Gasteiger partial charge >= 0.3 is 0 Å². The van der Waals surface area contributed by atoms with Crippen molar-refractivity contribution in [1.29, 1.82) is 0 Å². The van der Waals surface area contributed by atoms with Crippen molar-refractivity contribution in [2.45, 2.75) is 65.3 Å². The van der Waals surface area contributed by atoms with Gasteiger partial charge in [-0.3, -0.25) is 0 Å². The Hall–Kier alpha value is -1.36. The van der Waals surface area contributed by atoms with E-state index in [4.69, 9.17) is 10.8 Å². The van der Waals surface area contributed by atoms with Crippen molar-refractivity contribution in [3.05, 3.63) is 11.4 Å². The summed E-state index contributed by atoms with van der Waals surface area (Å²) in [5.74, 6) is 9.34. The van der Waals surface area contributed by atoms with Crippen LogP contribution in [0.4, 0.5) is 11.6 Å². The summed E-state index contributed by atoms with van der Waals surface area (Å²) < 4.78 is 0. The number of hydrogen-bond donors (Lipinski definition) is 3. The highest BCUT2D eigenvalue weighted by Crippen LogP contribution is 2.39. The number of nitrogens with two attached hydrogens (primary N) is 1. The van der Waals surface area contributed by atoms with Gasteiger partial charge < -0.3 is 10.7 Å². The maximum atomic E-state index is 5.58. The Morgan fingerprint density at radius 3 is 2.30 bits per heavy atom. The molecule has 20 heavy (non-hydrogen) atoms. The lowest BCUT2D eigenvalue weighted by Crippen LogP contribution is -2.27. The first-order valence-electron chi connectivity index (χ1n) is 7.72. The molecule has 1 fully saturated rings. The highest BCUT2D eigenvalue weighted by atomic mass is 15.3. The fourth-order valence-corrected chi connectivity index (χ4v) is 2.67. The van der Waals surface area contributed by atoms with Gasteiger partial charge in [-0.2, -0.15) is 0 Å². The van der Waals surface area contributed by atoms with Crippen molar-refractivity contribution in [2.24, 2.45) is 11.8 Å². The van der Waals surface area contributed by atoms with E-state index in [0.29, 0.717) is 17.9 Å².